The van der Waals surface area contributed by atoms with E-state index in [1.54, 1.807) is 10.7 Å². The average Bonchev–Trinajstić information content (AvgIpc) is 3.04. The van der Waals surface area contributed by atoms with Crippen molar-refractivity contribution in [2.24, 2.45) is 12.8 Å². The number of halogens is 1. The van der Waals surface area contributed by atoms with E-state index >= 15 is 0 Å². The van der Waals surface area contributed by atoms with Gasteiger partial charge < -0.3 is 10.6 Å². The van der Waals surface area contributed by atoms with Crippen LogP contribution in [0.5, 0.6) is 0 Å². The van der Waals surface area contributed by atoms with E-state index in [2.05, 4.69) is 10.3 Å². The molecule has 2 aromatic rings. The van der Waals surface area contributed by atoms with Gasteiger partial charge in [0, 0.05) is 31.7 Å². The van der Waals surface area contributed by atoms with Crippen molar-refractivity contribution in [3.63, 3.8) is 0 Å². The number of rotatable bonds is 2. The number of carbonyl (C=O) groups excluding carboxylic acids is 1. The lowest BCUT2D eigenvalue weighted by molar-refractivity contribution is 0.0741. The first-order valence-electron chi connectivity index (χ1n) is 6.51. The number of hydrogen-bond donors (Lipinski definition) is 1. The summed E-state index contributed by atoms with van der Waals surface area (Å²) in [4.78, 5) is 14.4. The number of fused-ring (bicyclic) bond motifs is 1. The third-order valence-corrected chi connectivity index (χ3v) is 3.77. The maximum atomic E-state index is 12.5. The standard InChI is InChI=1S/C13H17N5O.ClH/c1-17-12-5-4-9(7-11(12)15-16-17)13(19)18-6-2-3-10(18)8-14;/h4-5,7,10H,2-3,6,8,14H2,1H3;1H. The highest BCUT2D eigenvalue weighted by molar-refractivity contribution is 5.97. The van der Waals surface area contributed by atoms with Gasteiger partial charge in [-0.3, -0.25) is 4.79 Å². The number of benzene rings is 1. The van der Waals surface area contributed by atoms with Crippen LogP contribution in [-0.2, 0) is 7.05 Å². The highest BCUT2D eigenvalue weighted by Gasteiger charge is 2.28. The molecule has 1 aliphatic heterocycles. The summed E-state index contributed by atoms with van der Waals surface area (Å²) in [5.41, 5.74) is 8.05. The molecular formula is C13H18ClN5O. The molecule has 0 radical (unpaired) electrons. The minimum atomic E-state index is 0. The molecule has 6 nitrogen and oxygen atoms in total. The summed E-state index contributed by atoms with van der Waals surface area (Å²) in [6, 6.07) is 5.69. The molecule has 1 aromatic heterocycles. The first-order chi connectivity index (χ1) is 9.20. The number of aryl methyl sites for hydroxylation is 1. The smallest absolute Gasteiger partial charge is 0.254 e. The van der Waals surface area contributed by atoms with Crippen molar-refractivity contribution in [2.75, 3.05) is 13.1 Å². The lowest BCUT2D eigenvalue weighted by atomic mass is 10.1. The van der Waals surface area contributed by atoms with E-state index in [9.17, 15) is 4.79 Å². The topological polar surface area (TPSA) is 77.0 Å². The van der Waals surface area contributed by atoms with Crippen molar-refractivity contribution < 1.29 is 4.79 Å². The molecule has 1 saturated heterocycles. The van der Waals surface area contributed by atoms with E-state index in [1.165, 1.54) is 0 Å². The highest BCUT2D eigenvalue weighted by atomic mass is 35.5. The summed E-state index contributed by atoms with van der Waals surface area (Å²) >= 11 is 0. The summed E-state index contributed by atoms with van der Waals surface area (Å²) in [7, 11) is 1.84. The number of aromatic nitrogens is 3. The van der Waals surface area contributed by atoms with Crippen LogP contribution in [0.15, 0.2) is 18.2 Å². The van der Waals surface area contributed by atoms with Gasteiger partial charge in [0.1, 0.15) is 5.52 Å². The Balaban J connectivity index is 0.00000147. The zero-order valence-corrected chi connectivity index (χ0v) is 12.1. The van der Waals surface area contributed by atoms with E-state index in [1.807, 2.05) is 24.1 Å². The number of carbonyl (C=O) groups is 1. The Bertz CT molecular complexity index is 626. The summed E-state index contributed by atoms with van der Waals surface area (Å²) in [5.74, 6) is 0.0421. The first kappa shape index (κ1) is 14.7. The molecule has 0 aliphatic carbocycles. The van der Waals surface area contributed by atoms with E-state index in [0.717, 1.165) is 30.4 Å². The van der Waals surface area contributed by atoms with Crippen LogP contribution >= 0.6 is 12.4 Å². The number of likely N-dealkylation sites (tertiary alicyclic amines) is 1. The fraction of sp³-hybridized carbons (Fsp3) is 0.462. The zero-order chi connectivity index (χ0) is 13.4. The lowest BCUT2D eigenvalue weighted by Crippen LogP contribution is -2.39. The Kier molecular flexibility index (Phi) is 4.25. The Morgan fingerprint density at radius 2 is 2.30 bits per heavy atom. The third kappa shape index (κ3) is 2.36. The summed E-state index contributed by atoms with van der Waals surface area (Å²) < 4.78 is 1.70. The summed E-state index contributed by atoms with van der Waals surface area (Å²) in [6.45, 7) is 1.32. The number of nitrogens with two attached hydrogens (primary N) is 1. The van der Waals surface area contributed by atoms with Gasteiger partial charge in [-0.2, -0.15) is 0 Å². The van der Waals surface area contributed by atoms with Crippen LogP contribution in [0.2, 0.25) is 0 Å². The van der Waals surface area contributed by atoms with Crippen molar-refractivity contribution in [2.45, 2.75) is 18.9 Å². The lowest BCUT2D eigenvalue weighted by Gasteiger charge is -2.23. The van der Waals surface area contributed by atoms with Gasteiger partial charge in [-0.05, 0) is 31.0 Å². The van der Waals surface area contributed by atoms with E-state index in [0.29, 0.717) is 12.1 Å². The molecule has 1 unspecified atom stereocenters. The molecular weight excluding hydrogens is 278 g/mol. The SMILES string of the molecule is Cl.Cn1nnc2cc(C(=O)N3CCCC3CN)ccc21. The zero-order valence-electron chi connectivity index (χ0n) is 11.3. The van der Waals surface area contributed by atoms with E-state index in [-0.39, 0.29) is 24.4 Å². The van der Waals surface area contributed by atoms with Gasteiger partial charge in [-0.15, -0.1) is 17.5 Å². The van der Waals surface area contributed by atoms with Crippen molar-refractivity contribution in [1.82, 2.24) is 19.9 Å². The molecule has 7 heteroatoms. The highest BCUT2D eigenvalue weighted by Crippen LogP contribution is 2.21. The minimum Gasteiger partial charge on any atom is -0.334 e. The van der Waals surface area contributed by atoms with Gasteiger partial charge in [0.25, 0.3) is 5.91 Å². The number of hydrogen-bond acceptors (Lipinski definition) is 4. The van der Waals surface area contributed by atoms with E-state index < -0.39 is 0 Å². The van der Waals surface area contributed by atoms with Crippen LogP contribution in [0.25, 0.3) is 11.0 Å². The van der Waals surface area contributed by atoms with E-state index in [4.69, 9.17) is 5.73 Å². The number of nitrogens with zero attached hydrogens (tertiary/aromatic N) is 4. The molecule has 1 fully saturated rings. The van der Waals surface area contributed by atoms with Crippen LogP contribution in [0.4, 0.5) is 0 Å². The van der Waals surface area contributed by atoms with Crippen LogP contribution in [0, 0.1) is 0 Å². The average molecular weight is 296 g/mol. The van der Waals surface area contributed by atoms with Crippen molar-refractivity contribution in [3.8, 4) is 0 Å². The fourth-order valence-corrected chi connectivity index (χ4v) is 2.69. The maximum absolute atomic E-state index is 12.5. The van der Waals surface area contributed by atoms with Gasteiger partial charge in [0.05, 0.1) is 5.52 Å². The van der Waals surface area contributed by atoms with Gasteiger partial charge in [-0.1, -0.05) is 5.21 Å². The molecule has 0 bridgehead atoms. The monoisotopic (exact) mass is 295 g/mol. The first-order valence-corrected chi connectivity index (χ1v) is 6.51. The molecule has 1 aliphatic rings. The van der Waals surface area contributed by atoms with Crippen molar-refractivity contribution in [1.29, 1.82) is 0 Å². The van der Waals surface area contributed by atoms with Crippen molar-refractivity contribution >= 4 is 29.3 Å². The summed E-state index contributed by atoms with van der Waals surface area (Å²) in [5, 5.41) is 7.99. The molecule has 3 rings (SSSR count). The second-order valence-corrected chi connectivity index (χ2v) is 4.95. The Morgan fingerprint density at radius 3 is 3.05 bits per heavy atom. The van der Waals surface area contributed by atoms with Crippen LogP contribution in [-0.4, -0.2) is 44.9 Å². The van der Waals surface area contributed by atoms with Gasteiger partial charge in [0.2, 0.25) is 0 Å². The minimum absolute atomic E-state index is 0. The Morgan fingerprint density at radius 1 is 1.50 bits per heavy atom. The second kappa shape index (κ2) is 5.76. The Hall–Kier alpha value is -1.66. The molecule has 20 heavy (non-hydrogen) atoms. The quantitative estimate of drug-likeness (QED) is 0.895. The third-order valence-electron chi connectivity index (χ3n) is 3.77. The van der Waals surface area contributed by atoms with Gasteiger partial charge in [0.15, 0.2) is 0 Å². The molecule has 2 heterocycles. The molecule has 0 saturated carbocycles. The van der Waals surface area contributed by atoms with Crippen LogP contribution in [0.1, 0.15) is 23.2 Å². The number of amides is 1. The molecule has 0 spiro atoms. The predicted octanol–water partition coefficient (Wildman–Crippen LogP) is 0.953. The summed E-state index contributed by atoms with van der Waals surface area (Å²) in [6.07, 6.45) is 2.02. The van der Waals surface area contributed by atoms with Crippen molar-refractivity contribution in [3.05, 3.63) is 23.8 Å². The molecule has 1 amide bonds. The fourth-order valence-electron chi connectivity index (χ4n) is 2.69. The Labute approximate surface area is 123 Å². The second-order valence-electron chi connectivity index (χ2n) is 4.95. The normalized spacial score (nSPS) is 18.3. The van der Waals surface area contributed by atoms with Gasteiger partial charge >= 0.3 is 0 Å². The molecule has 1 aromatic carbocycles. The molecule has 2 N–H and O–H groups in total. The molecule has 108 valence electrons. The largest absolute Gasteiger partial charge is 0.334 e. The van der Waals surface area contributed by atoms with Gasteiger partial charge in [-0.25, -0.2) is 4.68 Å². The maximum Gasteiger partial charge on any atom is 0.254 e. The van der Waals surface area contributed by atoms with Crippen LogP contribution < -0.4 is 5.73 Å². The predicted molar refractivity (Wildman–Crippen MR) is 78.9 cm³/mol. The molecule has 1 atom stereocenters. The van der Waals surface area contributed by atoms with Crippen LogP contribution in [0.3, 0.4) is 0 Å².